The SMILES string of the molecule is CC/C=C\C/C=C\C/C=C\C/C=C\C/C=C\C/C=C\CCCCCCCCCCCCCCC(=O)OC(COC(=O)CCCCCCCCCCCC)COP(=O)([O-])OCC[N+](C)(C)C. The number of carbonyl (C=O) groups is 2. The summed E-state index contributed by atoms with van der Waals surface area (Å²) in [5.74, 6) is -0.837. The maximum atomic E-state index is 12.7. The fourth-order valence-electron chi connectivity index (χ4n) is 6.95. The van der Waals surface area contributed by atoms with Crippen molar-refractivity contribution in [2.75, 3.05) is 47.5 Å². The first-order valence-corrected chi connectivity index (χ1v) is 27.6. The highest BCUT2D eigenvalue weighted by Gasteiger charge is 2.21. The van der Waals surface area contributed by atoms with Crippen LogP contribution in [-0.4, -0.2) is 70.0 Å². The summed E-state index contributed by atoms with van der Waals surface area (Å²) in [7, 11) is 1.16. The van der Waals surface area contributed by atoms with Crippen molar-refractivity contribution in [3.63, 3.8) is 0 Å². The van der Waals surface area contributed by atoms with E-state index in [9.17, 15) is 19.0 Å². The zero-order valence-corrected chi connectivity index (χ0v) is 43.3. The summed E-state index contributed by atoms with van der Waals surface area (Å²) in [5.41, 5.74) is 0. The number of rotatable bonds is 47. The van der Waals surface area contributed by atoms with E-state index in [4.69, 9.17) is 18.5 Å². The minimum absolute atomic E-state index is 0.0323. The van der Waals surface area contributed by atoms with Gasteiger partial charge in [-0.25, -0.2) is 0 Å². The molecule has 0 aromatic rings. The molecule has 0 saturated carbocycles. The number of hydrogen-bond donors (Lipinski definition) is 0. The zero-order valence-electron chi connectivity index (χ0n) is 42.4. The van der Waals surface area contributed by atoms with Gasteiger partial charge >= 0.3 is 11.9 Å². The number of allylic oxidation sites excluding steroid dienone is 12. The molecule has 0 saturated heterocycles. The highest BCUT2D eigenvalue weighted by Crippen LogP contribution is 2.38. The molecule has 0 radical (unpaired) electrons. The lowest BCUT2D eigenvalue weighted by atomic mass is 10.0. The lowest BCUT2D eigenvalue weighted by molar-refractivity contribution is -0.870. The van der Waals surface area contributed by atoms with Crippen LogP contribution in [0.4, 0.5) is 0 Å². The maximum Gasteiger partial charge on any atom is 0.306 e. The fourth-order valence-corrected chi connectivity index (χ4v) is 7.68. The van der Waals surface area contributed by atoms with Crippen molar-refractivity contribution in [3.8, 4) is 0 Å². The molecule has 0 rings (SSSR count). The monoisotopic (exact) mass is 932 g/mol. The van der Waals surface area contributed by atoms with Crippen LogP contribution >= 0.6 is 7.82 Å². The molecule has 65 heavy (non-hydrogen) atoms. The first-order valence-electron chi connectivity index (χ1n) is 26.1. The second-order valence-electron chi connectivity index (χ2n) is 18.5. The molecular weight excluding hydrogens is 834 g/mol. The number of carbonyl (C=O) groups excluding carboxylic acids is 2. The summed E-state index contributed by atoms with van der Waals surface area (Å²) in [6.45, 7) is 4.10. The van der Waals surface area contributed by atoms with Crippen molar-refractivity contribution < 1.29 is 42.1 Å². The second-order valence-corrected chi connectivity index (χ2v) is 19.9. The van der Waals surface area contributed by atoms with Crippen LogP contribution in [0.25, 0.3) is 0 Å². The third-order valence-electron chi connectivity index (χ3n) is 11.0. The molecule has 9 nitrogen and oxygen atoms in total. The van der Waals surface area contributed by atoms with Crippen LogP contribution < -0.4 is 4.89 Å². The van der Waals surface area contributed by atoms with E-state index >= 15 is 0 Å². The van der Waals surface area contributed by atoms with Crippen LogP contribution in [0.3, 0.4) is 0 Å². The minimum atomic E-state index is -4.63. The standard InChI is InChI=1S/C55H98NO8P/c1-6-8-10-12-14-16-18-19-20-21-22-23-24-25-26-27-28-29-30-31-32-33-34-35-36-37-38-40-42-44-46-48-55(58)64-53(52-63-65(59,60)62-50-49-56(3,4)5)51-61-54(57)47-45-43-41-39-17-15-13-11-9-7-2/h8,10,14,16,19-20,22-23,25-26,28-29,53H,6-7,9,11-13,15,17-18,21,24,27,30-52H2,1-5H3/b10-8-,16-14-,20-19-,23-22-,26-25-,29-28-. The summed E-state index contributed by atoms with van der Waals surface area (Å²) in [6, 6.07) is 0. The van der Waals surface area contributed by atoms with Gasteiger partial charge in [0.15, 0.2) is 6.10 Å². The number of esters is 2. The van der Waals surface area contributed by atoms with Gasteiger partial charge in [0, 0.05) is 12.8 Å². The smallest absolute Gasteiger partial charge is 0.306 e. The highest BCUT2D eigenvalue weighted by atomic mass is 31.2. The van der Waals surface area contributed by atoms with Gasteiger partial charge in [0.2, 0.25) is 0 Å². The van der Waals surface area contributed by atoms with E-state index in [-0.39, 0.29) is 32.0 Å². The first-order chi connectivity index (χ1) is 31.5. The van der Waals surface area contributed by atoms with Gasteiger partial charge in [0.25, 0.3) is 7.82 Å². The number of hydrogen-bond acceptors (Lipinski definition) is 8. The molecule has 0 aliphatic heterocycles. The lowest BCUT2D eigenvalue weighted by Gasteiger charge is -2.28. The molecule has 0 N–H and O–H groups in total. The van der Waals surface area contributed by atoms with Crippen LogP contribution in [0.1, 0.15) is 213 Å². The Hall–Kier alpha value is -2.55. The Kier molecular flexibility index (Phi) is 44.7. The van der Waals surface area contributed by atoms with Crippen molar-refractivity contribution in [1.29, 1.82) is 0 Å². The van der Waals surface area contributed by atoms with Gasteiger partial charge in [-0.3, -0.25) is 14.2 Å². The molecule has 2 unspecified atom stereocenters. The van der Waals surface area contributed by atoms with Gasteiger partial charge in [-0.2, -0.15) is 0 Å². The Labute approximate surface area is 399 Å². The fraction of sp³-hybridized carbons (Fsp3) is 0.745. The van der Waals surface area contributed by atoms with Gasteiger partial charge in [0.05, 0.1) is 27.7 Å². The zero-order chi connectivity index (χ0) is 47.8. The van der Waals surface area contributed by atoms with Crippen LogP contribution in [-0.2, 0) is 32.7 Å². The topological polar surface area (TPSA) is 111 Å². The summed E-state index contributed by atoms with van der Waals surface area (Å²) in [6.07, 6.45) is 59.5. The van der Waals surface area contributed by atoms with Crippen LogP contribution in [0.15, 0.2) is 72.9 Å². The van der Waals surface area contributed by atoms with Crippen molar-refractivity contribution in [1.82, 2.24) is 0 Å². The van der Waals surface area contributed by atoms with E-state index in [2.05, 4.69) is 86.8 Å². The highest BCUT2D eigenvalue weighted by molar-refractivity contribution is 7.45. The van der Waals surface area contributed by atoms with Crippen molar-refractivity contribution in [3.05, 3.63) is 72.9 Å². The number of phosphoric acid groups is 1. The molecule has 0 heterocycles. The molecule has 0 aromatic heterocycles. The number of ether oxygens (including phenoxy) is 2. The van der Waals surface area contributed by atoms with Crippen LogP contribution in [0, 0.1) is 0 Å². The summed E-state index contributed by atoms with van der Waals surface area (Å²) in [4.78, 5) is 37.6. The van der Waals surface area contributed by atoms with Crippen LogP contribution in [0.5, 0.6) is 0 Å². The molecule has 0 bridgehead atoms. The normalized spacial score (nSPS) is 14.0. The predicted octanol–water partition coefficient (Wildman–Crippen LogP) is 15.1. The van der Waals surface area contributed by atoms with E-state index in [1.807, 2.05) is 21.1 Å². The maximum absolute atomic E-state index is 12.7. The molecule has 2 atom stereocenters. The molecule has 376 valence electrons. The molecular formula is C55H98NO8P. The second kappa shape index (κ2) is 46.6. The molecule has 0 aromatic carbocycles. The molecule has 0 spiro atoms. The van der Waals surface area contributed by atoms with Gasteiger partial charge < -0.3 is 27.9 Å². The molecule has 0 amide bonds. The Morgan fingerprint density at radius 1 is 0.492 bits per heavy atom. The predicted molar refractivity (Wildman–Crippen MR) is 273 cm³/mol. The number of nitrogens with zero attached hydrogens (tertiary/aromatic N) is 1. The van der Waals surface area contributed by atoms with Crippen molar-refractivity contribution >= 4 is 19.8 Å². The van der Waals surface area contributed by atoms with E-state index < -0.39 is 26.5 Å². The number of likely N-dealkylation sites (N-methyl/N-ethyl adjacent to an activating group) is 1. The van der Waals surface area contributed by atoms with Gasteiger partial charge in [0.1, 0.15) is 19.8 Å². The van der Waals surface area contributed by atoms with Crippen molar-refractivity contribution in [2.24, 2.45) is 0 Å². The summed E-state index contributed by atoms with van der Waals surface area (Å²) >= 11 is 0. The molecule has 0 aliphatic rings. The Morgan fingerprint density at radius 2 is 0.877 bits per heavy atom. The average Bonchev–Trinajstić information content (AvgIpc) is 3.26. The Morgan fingerprint density at radius 3 is 1.31 bits per heavy atom. The average molecular weight is 932 g/mol. The van der Waals surface area contributed by atoms with Gasteiger partial charge in [-0.15, -0.1) is 0 Å². The minimum Gasteiger partial charge on any atom is -0.756 e. The van der Waals surface area contributed by atoms with Crippen LogP contribution in [0.2, 0.25) is 0 Å². The number of phosphoric ester groups is 1. The quantitative estimate of drug-likeness (QED) is 0.0195. The third-order valence-corrected chi connectivity index (χ3v) is 12.0. The van der Waals surface area contributed by atoms with E-state index in [1.54, 1.807) is 0 Å². The van der Waals surface area contributed by atoms with E-state index in [1.165, 1.54) is 103 Å². The lowest BCUT2D eigenvalue weighted by Crippen LogP contribution is -2.37. The van der Waals surface area contributed by atoms with E-state index in [0.29, 0.717) is 17.4 Å². The molecule has 10 heteroatoms. The third kappa shape index (κ3) is 50.7. The summed E-state index contributed by atoms with van der Waals surface area (Å²) in [5, 5.41) is 0. The van der Waals surface area contributed by atoms with Crippen molar-refractivity contribution in [2.45, 2.75) is 219 Å². The van der Waals surface area contributed by atoms with Gasteiger partial charge in [-0.05, 0) is 64.2 Å². The number of quaternary nitrogens is 1. The van der Waals surface area contributed by atoms with E-state index in [0.717, 1.165) is 77.0 Å². The Balaban J connectivity index is 4.09. The molecule has 0 aliphatic carbocycles. The van der Waals surface area contributed by atoms with Gasteiger partial charge in [-0.1, -0.05) is 209 Å². The largest absolute Gasteiger partial charge is 0.756 e. The first kappa shape index (κ1) is 62.4. The summed E-state index contributed by atoms with van der Waals surface area (Å²) < 4.78 is 34.0. The molecule has 0 fully saturated rings. The number of unbranched alkanes of at least 4 members (excludes halogenated alkanes) is 21. The Bertz CT molecular complexity index is 1330.